The number of carbonyl (C=O) groups excluding carboxylic acids is 1. The minimum atomic E-state index is -0.862. The quantitative estimate of drug-likeness (QED) is 0.916. The molecule has 1 aliphatic heterocycles. The zero-order valence-corrected chi connectivity index (χ0v) is 14.6. The molecule has 1 aromatic rings. The fraction of sp³-hybridized carbons (Fsp3) is 0.611. The van der Waals surface area contributed by atoms with E-state index in [0.29, 0.717) is 31.6 Å². The number of benzene rings is 1. The molecular weight excluding hydrogens is 314 g/mol. The van der Waals surface area contributed by atoms with Gasteiger partial charge in [0, 0.05) is 18.5 Å². The summed E-state index contributed by atoms with van der Waals surface area (Å²) in [4.78, 5) is 14.0. The number of hydrogen-bond donors (Lipinski definition) is 1. The lowest BCUT2D eigenvalue weighted by Crippen LogP contribution is -2.51. The van der Waals surface area contributed by atoms with Crippen molar-refractivity contribution >= 4 is 6.09 Å². The zero-order valence-electron chi connectivity index (χ0n) is 14.6. The highest BCUT2D eigenvalue weighted by atomic mass is 19.2. The van der Waals surface area contributed by atoms with Crippen LogP contribution in [0.4, 0.5) is 13.6 Å². The van der Waals surface area contributed by atoms with Gasteiger partial charge < -0.3 is 15.4 Å². The third-order valence-corrected chi connectivity index (χ3v) is 4.31. The van der Waals surface area contributed by atoms with Crippen LogP contribution in [0.15, 0.2) is 18.2 Å². The van der Waals surface area contributed by atoms with Crippen molar-refractivity contribution < 1.29 is 18.3 Å². The Morgan fingerprint density at radius 1 is 1.33 bits per heavy atom. The van der Waals surface area contributed by atoms with E-state index >= 15 is 0 Å². The van der Waals surface area contributed by atoms with Crippen LogP contribution in [-0.4, -0.2) is 36.2 Å². The summed E-state index contributed by atoms with van der Waals surface area (Å²) in [5, 5.41) is 0. The molecule has 1 aromatic carbocycles. The van der Waals surface area contributed by atoms with Crippen LogP contribution in [-0.2, 0) is 11.2 Å². The third kappa shape index (κ3) is 4.66. The number of rotatable bonds is 3. The van der Waals surface area contributed by atoms with Crippen molar-refractivity contribution in [3.8, 4) is 0 Å². The number of nitrogens with zero attached hydrogens (tertiary/aromatic N) is 1. The minimum Gasteiger partial charge on any atom is -0.444 e. The van der Waals surface area contributed by atoms with E-state index in [1.165, 1.54) is 6.07 Å². The van der Waals surface area contributed by atoms with Crippen LogP contribution >= 0.6 is 0 Å². The van der Waals surface area contributed by atoms with Gasteiger partial charge in [0.1, 0.15) is 5.60 Å². The van der Waals surface area contributed by atoms with E-state index in [2.05, 4.69) is 0 Å². The largest absolute Gasteiger partial charge is 0.444 e. The Balaban J connectivity index is 2.13. The third-order valence-electron chi connectivity index (χ3n) is 4.31. The first-order valence-electron chi connectivity index (χ1n) is 8.26. The summed E-state index contributed by atoms with van der Waals surface area (Å²) >= 11 is 0. The second kappa shape index (κ2) is 7.05. The molecule has 1 atom stereocenters. The van der Waals surface area contributed by atoms with E-state index < -0.39 is 17.2 Å². The van der Waals surface area contributed by atoms with Crippen molar-refractivity contribution in [2.45, 2.75) is 45.6 Å². The van der Waals surface area contributed by atoms with Gasteiger partial charge in [-0.05, 0) is 64.3 Å². The van der Waals surface area contributed by atoms with Crippen LogP contribution in [0.1, 0.15) is 39.2 Å². The van der Waals surface area contributed by atoms with Crippen molar-refractivity contribution in [1.29, 1.82) is 0 Å². The van der Waals surface area contributed by atoms with Gasteiger partial charge in [-0.1, -0.05) is 6.07 Å². The fourth-order valence-electron chi connectivity index (χ4n) is 3.16. The molecular formula is C18H26F2N2O2. The number of ether oxygens (including phenoxy) is 1. The molecule has 0 spiro atoms. The number of hydrogen-bond acceptors (Lipinski definition) is 3. The summed E-state index contributed by atoms with van der Waals surface area (Å²) in [7, 11) is 0. The molecule has 0 radical (unpaired) electrons. The molecule has 6 heteroatoms. The summed E-state index contributed by atoms with van der Waals surface area (Å²) in [5.41, 5.74) is 5.78. The molecule has 24 heavy (non-hydrogen) atoms. The SMILES string of the molecule is CC(C)(C)OC(=O)N1CCCC(CN)(Cc2ccc(F)c(F)c2)C1. The number of piperidine rings is 1. The normalized spacial score (nSPS) is 21.7. The molecule has 134 valence electrons. The van der Waals surface area contributed by atoms with Crippen LogP contribution in [0, 0.1) is 17.0 Å². The molecule has 1 heterocycles. The van der Waals surface area contributed by atoms with Gasteiger partial charge >= 0.3 is 6.09 Å². The van der Waals surface area contributed by atoms with Crippen molar-refractivity contribution in [3.63, 3.8) is 0 Å². The number of carbonyl (C=O) groups is 1. The smallest absolute Gasteiger partial charge is 0.410 e. The first-order chi connectivity index (χ1) is 11.1. The molecule has 1 saturated heterocycles. The highest BCUT2D eigenvalue weighted by Gasteiger charge is 2.37. The topological polar surface area (TPSA) is 55.6 Å². The van der Waals surface area contributed by atoms with Gasteiger partial charge in [0.2, 0.25) is 0 Å². The van der Waals surface area contributed by atoms with Crippen LogP contribution in [0.2, 0.25) is 0 Å². The molecule has 1 unspecified atom stereocenters. The first kappa shape index (κ1) is 18.6. The Hall–Kier alpha value is -1.69. The summed E-state index contributed by atoms with van der Waals surface area (Å²) in [6.07, 6.45) is 1.78. The molecule has 1 fully saturated rings. The lowest BCUT2D eigenvalue weighted by molar-refractivity contribution is 0.00531. The molecule has 1 aliphatic rings. The van der Waals surface area contributed by atoms with Crippen LogP contribution in [0.5, 0.6) is 0 Å². The molecule has 2 rings (SSSR count). The average Bonchev–Trinajstić information content (AvgIpc) is 2.49. The van der Waals surface area contributed by atoms with Gasteiger partial charge in [-0.2, -0.15) is 0 Å². The Kier molecular flexibility index (Phi) is 5.48. The first-order valence-corrected chi connectivity index (χ1v) is 8.26. The fourth-order valence-corrected chi connectivity index (χ4v) is 3.16. The molecule has 0 aliphatic carbocycles. The van der Waals surface area contributed by atoms with Crippen molar-refractivity contribution in [2.24, 2.45) is 11.1 Å². The van der Waals surface area contributed by atoms with Gasteiger partial charge in [0.25, 0.3) is 0 Å². The second-order valence-corrected chi connectivity index (χ2v) is 7.63. The number of nitrogens with two attached hydrogens (primary N) is 1. The van der Waals surface area contributed by atoms with E-state index in [9.17, 15) is 13.6 Å². The van der Waals surface area contributed by atoms with Gasteiger partial charge in [0.15, 0.2) is 11.6 Å². The van der Waals surface area contributed by atoms with Crippen LogP contribution in [0.3, 0.4) is 0 Å². The highest BCUT2D eigenvalue weighted by Crippen LogP contribution is 2.33. The molecule has 0 bridgehead atoms. The monoisotopic (exact) mass is 340 g/mol. The number of amides is 1. The Bertz CT molecular complexity index is 601. The minimum absolute atomic E-state index is 0.348. The summed E-state index contributed by atoms with van der Waals surface area (Å²) in [6.45, 7) is 6.92. The predicted octanol–water partition coefficient (Wildman–Crippen LogP) is 3.48. The highest BCUT2D eigenvalue weighted by molar-refractivity contribution is 5.68. The number of halogens is 2. The molecule has 1 amide bonds. The zero-order chi connectivity index (χ0) is 18.0. The van der Waals surface area contributed by atoms with E-state index in [-0.39, 0.29) is 11.5 Å². The second-order valence-electron chi connectivity index (χ2n) is 7.63. The molecule has 4 nitrogen and oxygen atoms in total. The van der Waals surface area contributed by atoms with E-state index in [1.807, 2.05) is 20.8 Å². The van der Waals surface area contributed by atoms with E-state index in [0.717, 1.165) is 18.9 Å². The summed E-state index contributed by atoms with van der Waals surface area (Å²) < 4.78 is 32.0. The van der Waals surface area contributed by atoms with Crippen molar-refractivity contribution in [3.05, 3.63) is 35.4 Å². The van der Waals surface area contributed by atoms with Crippen molar-refractivity contribution in [2.75, 3.05) is 19.6 Å². The molecule has 2 N–H and O–H groups in total. The van der Waals surface area contributed by atoms with E-state index in [4.69, 9.17) is 10.5 Å². The van der Waals surface area contributed by atoms with Gasteiger partial charge in [0.05, 0.1) is 0 Å². The maximum atomic E-state index is 13.5. The van der Waals surface area contributed by atoms with Gasteiger partial charge in [-0.15, -0.1) is 0 Å². The standard InChI is InChI=1S/C18H26F2N2O2/c1-17(2,3)24-16(23)22-8-4-7-18(11-21,12-22)10-13-5-6-14(19)15(20)9-13/h5-6,9H,4,7-8,10-12,21H2,1-3H3. The molecule has 0 saturated carbocycles. The predicted molar refractivity (Wildman–Crippen MR) is 88.6 cm³/mol. The Labute approximate surface area is 142 Å². The van der Waals surface area contributed by atoms with E-state index in [1.54, 1.807) is 11.0 Å². The van der Waals surface area contributed by atoms with Crippen LogP contribution in [0.25, 0.3) is 0 Å². The summed E-state index contributed by atoms with van der Waals surface area (Å²) in [5.74, 6) is -1.72. The maximum absolute atomic E-state index is 13.5. The van der Waals surface area contributed by atoms with Gasteiger partial charge in [-0.25, -0.2) is 13.6 Å². The molecule has 0 aromatic heterocycles. The lowest BCUT2D eigenvalue weighted by Gasteiger charge is -2.42. The average molecular weight is 340 g/mol. The number of likely N-dealkylation sites (tertiary alicyclic amines) is 1. The Morgan fingerprint density at radius 2 is 2.04 bits per heavy atom. The lowest BCUT2D eigenvalue weighted by atomic mass is 9.75. The Morgan fingerprint density at radius 3 is 2.62 bits per heavy atom. The summed E-state index contributed by atoms with van der Waals surface area (Å²) in [6, 6.07) is 3.91. The van der Waals surface area contributed by atoms with Crippen LogP contribution < -0.4 is 5.73 Å². The maximum Gasteiger partial charge on any atom is 0.410 e. The van der Waals surface area contributed by atoms with Gasteiger partial charge in [-0.3, -0.25) is 0 Å². The van der Waals surface area contributed by atoms with Crippen molar-refractivity contribution in [1.82, 2.24) is 4.90 Å².